The van der Waals surface area contributed by atoms with Gasteiger partial charge in [0.15, 0.2) is 11.9 Å². The average Bonchev–Trinajstić information content (AvgIpc) is 2.74. The largest absolute Gasteiger partial charge is 0.462 e. The van der Waals surface area contributed by atoms with E-state index in [-0.39, 0.29) is 31.4 Å². The summed E-state index contributed by atoms with van der Waals surface area (Å²) in [6, 6.07) is 0. The van der Waals surface area contributed by atoms with E-state index in [1.807, 2.05) is 24.3 Å². The van der Waals surface area contributed by atoms with Gasteiger partial charge in [0.1, 0.15) is 6.61 Å². The highest BCUT2D eigenvalue weighted by Crippen LogP contribution is 2.03. The molecule has 0 aliphatic heterocycles. The first-order valence-electron chi connectivity index (χ1n) is 11.1. The Morgan fingerprint density at radius 3 is 2.29 bits per heavy atom. The second-order valence-electron chi connectivity index (χ2n) is 7.11. The highest BCUT2D eigenvalue weighted by molar-refractivity contribution is 5.89. The monoisotopic (exact) mass is 434 g/mol. The summed E-state index contributed by atoms with van der Waals surface area (Å²) in [7, 11) is 0. The molecule has 0 amide bonds. The van der Waals surface area contributed by atoms with E-state index in [9.17, 15) is 14.4 Å². The van der Waals surface area contributed by atoms with Crippen LogP contribution in [0.2, 0.25) is 0 Å². The molecule has 0 aromatic carbocycles. The maximum Gasteiger partial charge on any atom is 0.305 e. The van der Waals surface area contributed by atoms with E-state index in [0.717, 1.165) is 38.5 Å². The van der Waals surface area contributed by atoms with Crippen LogP contribution in [0.1, 0.15) is 71.6 Å². The molecule has 0 unspecified atom stereocenters. The molecule has 31 heavy (non-hydrogen) atoms. The number of carbonyl (C=O) groups excluding carboxylic acids is 3. The molecule has 0 aliphatic rings. The Morgan fingerprint density at radius 2 is 1.61 bits per heavy atom. The standard InChI is InChI=1S/C25H38O6/c1-3-4-14-17-23(28)18-15-12-10-8-6-5-7-9-11-13-16-19-25(29)30-21-24(20-26)31-22(2)27/h5-6,9-12,15,18,24,26H,3-4,7-8,13-14,16-17,19-21H2,1-2H3/b6-5-,11-9-,12-10-,18-15+/t24-/m0/s1. The Hall–Kier alpha value is -2.47. The fourth-order valence-electron chi connectivity index (χ4n) is 2.50. The van der Waals surface area contributed by atoms with E-state index in [1.54, 1.807) is 12.2 Å². The molecule has 6 nitrogen and oxygen atoms in total. The molecule has 0 rings (SSSR count). The average molecular weight is 435 g/mol. The fraction of sp³-hybridized carbons (Fsp3) is 0.560. The molecule has 6 heteroatoms. The molecule has 0 saturated carbocycles. The number of ether oxygens (including phenoxy) is 2. The number of allylic oxidation sites excluding steroid dienone is 8. The lowest BCUT2D eigenvalue weighted by Crippen LogP contribution is -2.27. The normalized spacial score (nSPS) is 12.9. The maximum absolute atomic E-state index is 11.6. The minimum Gasteiger partial charge on any atom is -0.462 e. The number of hydrogen-bond acceptors (Lipinski definition) is 6. The summed E-state index contributed by atoms with van der Waals surface area (Å²) in [5.74, 6) is -0.711. The topological polar surface area (TPSA) is 89.9 Å². The molecule has 0 bridgehead atoms. The second-order valence-corrected chi connectivity index (χ2v) is 7.11. The third-order valence-electron chi connectivity index (χ3n) is 4.15. The second kappa shape index (κ2) is 20.8. The molecular formula is C25H38O6. The lowest BCUT2D eigenvalue weighted by molar-refractivity contribution is -0.159. The Bertz CT molecular complexity index is 616. The van der Waals surface area contributed by atoms with Gasteiger partial charge in [-0.15, -0.1) is 0 Å². The van der Waals surface area contributed by atoms with Gasteiger partial charge in [-0.05, 0) is 38.2 Å². The molecular weight excluding hydrogens is 396 g/mol. The smallest absolute Gasteiger partial charge is 0.305 e. The van der Waals surface area contributed by atoms with Crippen molar-refractivity contribution < 1.29 is 29.0 Å². The van der Waals surface area contributed by atoms with Crippen LogP contribution in [0.5, 0.6) is 0 Å². The van der Waals surface area contributed by atoms with Crippen molar-refractivity contribution in [1.82, 2.24) is 0 Å². The molecule has 0 saturated heterocycles. The molecule has 0 fully saturated rings. The van der Waals surface area contributed by atoms with Gasteiger partial charge in [0.05, 0.1) is 6.61 Å². The van der Waals surface area contributed by atoms with Gasteiger partial charge in [0.2, 0.25) is 0 Å². The number of unbranched alkanes of at least 4 members (excludes halogenated alkanes) is 3. The molecule has 0 spiro atoms. The van der Waals surface area contributed by atoms with Crippen LogP contribution < -0.4 is 0 Å². The summed E-state index contributed by atoms with van der Waals surface area (Å²) in [6.07, 6.45) is 21.9. The number of rotatable bonds is 18. The first kappa shape index (κ1) is 28.5. The summed E-state index contributed by atoms with van der Waals surface area (Å²) in [5, 5.41) is 9.03. The highest BCUT2D eigenvalue weighted by atomic mass is 16.6. The molecule has 0 aromatic rings. The molecule has 1 N–H and O–H groups in total. The van der Waals surface area contributed by atoms with E-state index in [2.05, 4.69) is 19.1 Å². The predicted octanol–water partition coefficient (Wildman–Crippen LogP) is 4.78. The zero-order valence-electron chi connectivity index (χ0n) is 19.0. The number of hydrogen-bond donors (Lipinski definition) is 1. The summed E-state index contributed by atoms with van der Waals surface area (Å²) >= 11 is 0. The van der Waals surface area contributed by atoms with E-state index < -0.39 is 12.1 Å². The van der Waals surface area contributed by atoms with Crippen LogP contribution in [0.4, 0.5) is 0 Å². The zero-order chi connectivity index (χ0) is 23.2. The SMILES string of the molecule is CCCCCC(=O)/C=C/C=C\C/C=C\C/C=C\CCCC(=O)OC[C@H](CO)OC(C)=O. The van der Waals surface area contributed by atoms with Crippen LogP contribution in [0, 0.1) is 0 Å². The number of aliphatic hydroxyl groups excluding tert-OH is 1. The summed E-state index contributed by atoms with van der Waals surface area (Å²) in [6.45, 7) is 2.85. The van der Waals surface area contributed by atoms with Crippen molar-refractivity contribution in [2.45, 2.75) is 77.7 Å². The van der Waals surface area contributed by atoms with Gasteiger partial charge < -0.3 is 14.6 Å². The fourth-order valence-corrected chi connectivity index (χ4v) is 2.50. The Labute approximate surface area is 186 Å². The van der Waals surface area contributed by atoms with Crippen molar-refractivity contribution in [3.05, 3.63) is 48.6 Å². The number of aliphatic hydroxyl groups is 1. The van der Waals surface area contributed by atoms with Gasteiger partial charge in [0, 0.05) is 19.8 Å². The lowest BCUT2D eigenvalue weighted by Gasteiger charge is -2.14. The molecule has 174 valence electrons. The molecule has 1 atom stereocenters. The Balaban J connectivity index is 3.73. The van der Waals surface area contributed by atoms with Gasteiger partial charge in [0.25, 0.3) is 0 Å². The summed E-state index contributed by atoms with van der Waals surface area (Å²) in [4.78, 5) is 34.0. The third kappa shape index (κ3) is 20.6. The zero-order valence-corrected chi connectivity index (χ0v) is 19.0. The predicted molar refractivity (Wildman–Crippen MR) is 122 cm³/mol. The van der Waals surface area contributed by atoms with Gasteiger partial charge >= 0.3 is 11.9 Å². The van der Waals surface area contributed by atoms with Gasteiger partial charge in [-0.1, -0.05) is 62.3 Å². The number of ketones is 1. The van der Waals surface area contributed by atoms with Crippen LogP contribution in [-0.4, -0.2) is 42.1 Å². The van der Waals surface area contributed by atoms with Gasteiger partial charge in [-0.25, -0.2) is 0 Å². The quantitative estimate of drug-likeness (QED) is 0.110. The number of esters is 2. The molecule has 0 aromatic heterocycles. The van der Waals surface area contributed by atoms with E-state index >= 15 is 0 Å². The lowest BCUT2D eigenvalue weighted by atomic mass is 10.1. The van der Waals surface area contributed by atoms with E-state index in [0.29, 0.717) is 12.8 Å². The Morgan fingerprint density at radius 1 is 0.903 bits per heavy atom. The van der Waals surface area contributed by atoms with Gasteiger partial charge in [-0.3, -0.25) is 14.4 Å². The summed E-state index contributed by atoms with van der Waals surface area (Å²) < 4.78 is 9.78. The molecule has 0 radical (unpaired) electrons. The van der Waals surface area contributed by atoms with Crippen LogP contribution in [0.15, 0.2) is 48.6 Å². The summed E-state index contributed by atoms with van der Waals surface area (Å²) in [5.41, 5.74) is 0. The number of carbonyl (C=O) groups is 3. The van der Waals surface area contributed by atoms with Crippen LogP contribution in [0.25, 0.3) is 0 Å². The molecule has 0 heterocycles. The van der Waals surface area contributed by atoms with Crippen LogP contribution >= 0.6 is 0 Å². The first-order valence-corrected chi connectivity index (χ1v) is 11.1. The van der Waals surface area contributed by atoms with Crippen molar-refractivity contribution in [3.63, 3.8) is 0 Å². The van der Waals surface area contributed by atoms with E-state index in [1.165, 1.54) is 6.92 Å². The first-order chi connectivity index (χ1) is 15.0. The highest BCUT2D eigenvalue weighted by Gasteiger charge is 2.13. The minimum atomic E-state index is -0.808. The molecule has 0 aliphatic carbocycles. The minimum absolute atomic E-state index is 0.130. The van der Waals surface area contributed by atoms with Crippen LogP contribution in [0.3, 0.4) is 0 Å². The Kier molecular flexibility index (Phi) is 19.1. The van der Waals surface area contributed by atoms with Gasteiger partial charge in [-0.2, -0.15) is 0 Å². The third-order valence-corrected chi connectivity index (χ3v) is 4.15. The maximum atomic E-state index is 11.6. The van der Waals surface area contributed by atoms with E-state index in [4.69, 9.17) is 14.6 Å². The van der Waals surface area contributed by atoms with Crippen molar-refractivity contribution >= 4 is 17.7 Å². The van der Waals surface area contributed by atoms with Crippen molar-refractivity contribution in [3.8, 4) is 0 Å². The van der Waals surface area contributed by atoms with Crippen LogP contribution in [-0.2, 0) is 23.9 Å². The van der Waals surface area contributed by atoms with Crippen molar-refractivity contribution in [1.29, 1.82) is 0 Å². The van der Waals surface area contributed by atoms with Crippen molar-refractivity contribution in [2.24, 2.45) is 0 Å². The van der Waals surface area contributed by atoms with Crippen molar-refractivity contribution in [2.75, 3.05) is 13.2 Å².